The first-order valence-electron chi connectivity index (χ1n) is 9.15. The first-order valence-corrected chi connectivity index (χ1v) is 10.6. The zero-order valence-electron chi connectivity index (χ0n) is 16.2. The Balaban J connectivity index is 1.80. The summed E-state index contributed by atoms with van der Waals surface area (Å²) in [5.41, 5.74) is 1.05. The minimum absolute atomic E-state index is 0.0276. The van der Waals surface area contributed by atoms with Gasteiger partial charge in [0.2, 0.25) is 5.91 Å². The van der Waals surface area contributed by atoms with Gasteiger partial charge in [-0.2, -0.15) is 0 Å². The van der Waals surface area contributed by atoms with E-state index >= 15 is 0 Å². The van der Waals surface area contributed by atoms with Gasteiger partial charge in [-0.3, -0.25) is 9.78 Å². The fraction of sp³-hybridized carbons (Fsp3) is 0.667. The maximum atomic E-state index is 11.0. The molecule has 10 heteroatoms. The predicted molar refractivity (Wildman–Crippen MR) is 116 cm³/mol. The van der Waals surface area contributed by atoms with Crippen LogP contribution in [0, 0.1) is 3.57 Å². The summed E-state index contributed by atoms with van der Waals surface area (Å²) in [5, 5.41) is 6.51. The van der Waals surface area contributed by atoms with Crippen molar-refractivity contribution >= 4 is 40.1 Å². The third-order valence-corrected chi connectivity index (χ3v) is 4.80. The van der Waals surface area contributed by atoms with Gasteiger partial charge in [0.05, 0.1) is 57.9 Å². The highest BCUT2D eigenvalue weighted by Gasteiger charge is 2.04. The highest BCUT2D eigenvalue weighted by Crippen LogP contribution is 2.19. The van der Waals surface area contributed by atoms with E-state index in [0.29, 0.717) is 70.8 Å². The van der Waals surface area contributed by atoms with Crippen molar-refractivity contribution < 1.29 is 23.7 Å². The number of hydrogen-bond acceptors (Lipinski definition) is 7. The number of carbonyl (C=O) groups is 1. The summed E-state index contributed by atoms with van der Waals surface area (Å²) in [6.45, 7) is 5.47. The van der Waals surface area contributed by atoms with Gasteiger partial charge in [-0.15, -0.1) is 0 Å². The lowest BCUT2D eigenvalue weighted by Crippen LogP contribution is -2.21. The molecule has 0 aliphatic carbocycles. The zero-order valence-corrected chi connectivity index (χ0v) is 19.1. The second kappa shape index (κ2) is 17.3. The molecule has 0 aliphatic rings. The molecule has 0 saturated heterocycles. The Morgan fingerprint density at radius 3 is 2.14 bits per heavy atom. The number of aromatic nitrogens is 1. The molecule has 0 aromatic carbocycles. The van der Waals surface area contributed by atoms with E-state index in [1.165, 1.54) is 0 Å². The molecule has 1 heterocycles. The van der Waals surface area contributed by atoms with E-state index in [2.05, 4.69) is 38.2 Å². The molecule has 2 N–H and O–H groups in total. The van der Waals surface area contributed by atoms with E-state index in [9.17, 15) is 4.79 Å². The number of nitrogens with zero attached hydrogens (tertiary/aromatic N) is 1. The van der Waals surface area contributed by atoms with Crippen molar-refractivity contribution in [3.8, 4) is 0 Å². The molecule has 0 fully saturated rings. The molecule has 0 aliphatic heterocycles. The van der Waals surface area contributed by atoms with Crippen LogP contribution in [-0.2, 0) is 30.3 Å². The number of amides is 1. The molecular formula is C18H29ClIN3O5. The van der Waals surface area contributed by atoms with E-state index in [1.54, 1.807) is 19.4 Å². The van der Waals surface area contributed by atoms with Crippen LogP contribution in [0.1, 0.15) is 12.0 Å². The van der Waals surface area contributed by atoms with E-state index in [1.807, 2.05) is 0 Å². The summed E-state index contributed by atoms with van der Waals surface area (Å²) in [6, 6.07) is 0. The van der Waals surface area contributed by atoms with Gasteiger partial charge in [0.25, 0.3) is 0 Å². The van der Waals surface area contributed by atoms with E-state index in [4.69, 9.17) is 30.5 Å². The number of carbonyl (C=O) groups excluding carboxylic acids is 1. The van der Waals surface area contributed by atoms with Crippen LogP contribution >= 0.6 is 34.2 Å². The van der Waals surface area contributed by atoms with Crippen LogP contribution in [0.3, 0.4) is 0 Å². The van der Waals surface area contributed by atoms with Crippen LogP contribution in [0.4, 0.5) is 0 Å². The van der Waals surface area contributed by atoms with Crippen molar-refractivity contribution in [3.05, 3.63) is 26.5 Å². The van der Waals surface area contributed by atoms with Gasteiger partial charge in [0.1, 0.15) is 0 Å². The Morgan fingerprint density at radius 1 is 1.00 bits per heavy atom. The topological polar surface area (TPSA) is 90.9 Å². The molecule has 1 rings (SSSR count). The lowest BCUT2D eigenvalue weighted by molar-refractivity contribution is -0.121. The third kappa shape index (κ3) is 12.8. The summed E-state index contributed by atoms with van der Waals surface area (Å²) in [6.07, 6.45) is 3.81. The molecule has 1 amide bonds. The number of halogens is 2. The number of ether oxygens (including phenoxy) is 4. The summed E-state index contributed by atoms with van der Waals surface area (Å²) < 4.78 is 22.6. The molecule has 160 valence electrons. The molecule has 0 bridgehead atoms. The Hall–Kier alpha value is -0.560. The summed E-state index contributed by atoms with van der Waals surface area (Å²) >= 11 is 8.35. The Kier molecular flexibility index (Phi) is 15.8. The van der Waals surface area contributed by atoms with E-state index in [-0.39, 0.29) is 5.91 Å². The molecule has 1 aromatic heterocycles. The highest BCUT2D eigenvalue weighted by molar-refractivity contribution is 14.1. The molecule has 1 aromatic rings. The van der Waals surface area contributed by atoms with Gasteiger partial charge in [0, 0.05) is 48.1 Å². The Labute approximate surface area is 185 Å². The molecule has 8 nitrogen and oxygen atoms in total. The van der Waals surface area contributed by atoms with Crippen molar-refractivity contribution in [2.45, 2.75) is 13.0 Å². The molecule has 0 unspecified atom stereocenters. The standard InChI is InChI=1S/C18H29ClIN3O5/c1-21-18(24)2-4-25-6-8-27-10-11-28-9-7-26-5-3-22-12-15-16(19)13-23-14-17(15)20/h13-14,22H,2-12H2,1H3,(H,21,24). The lowest BCUT2D eigenvalue weighted by Gasteiger charge is -2.09. The largest absolute Gasteiger partial charge is 0.379 e. The van der Waals surface area contributed by atoms with E-state index in [0.717, 1.165) is 15.7 Å². The van der Waals surface area contributed by atoms with Crippen LogP contribution in [0.25, 0.3) is 0 Å². The molecule has 0 spiro atoms. The van der Waals surface area contributed by atoms with Gasteiger partial charge in [-0.05, 0) is 22.6 Å². The van der Waals surface area contributed by atoms with Gasteiger partial charge >= 0.3 is 0 Å². The SMILES string of the molecule is CNC(=O)CCOCCOCCOCCOCCNCc1c(Cl)cncc1I. The highest BCUT2D eigenvalue weighted by atomic mass is 127. The minimum Gasteiger partial charge on any atom is -0.379 e. The van der Waals surface area contributed by atoms with E-state index < -0.39 is 0 Å². The summed E-state index contributed by atoms with van der Waals surface area (Å²) in [7, 11) is 1.61. The fourth-order valence-corrected chi connectivity index (χ4v) is 3.04. The molecular weight excluding hydrogens is 501 g/mol. The van der Waals surface area contributed by atoms with Crippen molar-refractivity contribution in [3.63, 3.8) is 0 Å². The van der Waals surface area contributed by atoms with Gasteiger partial charge < -0.3 is 29.6 Å². The zero-order chi connectivity index (χ0) is 20.5. The van der Waals surface area contributed by atoms with Crippen molar-refractivity contribution in [2.75, 3.05) is 66.4 Å². The first-order chi connectivity index (χ1) is 13.6. The second-order valence-electron chi connectivity index (χ2n) is 5.63. The third-order valence-electron chi connectivity index (χ3n) is 3.55. The van der Waals surface area contributed by atoms with Crippen molar-refractivity contribution in [1.82, 2.24) is 15.6 Å². The fourth-order valence-electron chi connectivity index (χ4n) is 2.02. The smallest absolute Gasteiger partial charge is 0.222 e. The maximum Gasteiger partial charge on any atom is 0.222 e. The second-order valence-corrected chi connectivity index (χ2v) is 7.20. The average Bonchev–Trinajstić information content (AvgIpc) is 2.69. The molecule has 0 saturated carbocycles. The first kappa shape index (κ1) is 25.5. The normalized spacial score (nSPS) is 11.0. The number of nitrogens with one attached hydrogen (secondary N) is 2. The van der Waals surface area contributed by atoms with Crippen LogP contribution in [0.2, 0.25) is 5.02 Å². The number of hydrogen-bond donors (Lipinski definition) is 2. The molecule has 28 heavy (non-hydrogen) atoms. The minimum atomic E-state index is -0.0276. The lowest BCUT2D eigenvalue weighted by atomic mass is 10.2. The van der Waals surface area contributed by atoms with Gasteiger partial charge in [-0.1, -0.05) is 11.6 Å². The number of pyridine rings is 1. The Bertz CT molecular complexity index is 534. The molecule has 0 radical (unpaired) electrons. The number of rotatable bonds is 17. The van der Waals surface area contributed by atoms with Crippen LogP contribution in [0.15, 0.2) is 12.4 Å². The van der Waals surface area contributed by atoms with Gasteiger partial charge in [0.15, 0.2) is 0 Å². The monoisotopic (exact) mass is 529 g/mol. The quantitative estimate of drug-likeness (QED) is 0.234. The average molecular weight is 530 g/mol. The predicted octanol–water partition coefficient (Wildman–Crippen LogP) is 1.63. The summed E-state index contributed by atoms with van der Waals surface area (Å²) in [5.74, 6) is -0.0276. The summed E-state index contributed by atoms with van der Waals surface area (Å²) in [4.78, 5) is 15.0. The van der Waals surface area contributed by atoms with Crippen LogP contribution in [0.5, 0.6) is 0 Å². The Morgan fingerprint density at radius 2 is 1.57 bits per heavy atom. The van der Waals surface area contributed by atoms with Crippen molar-refractivity contribution in [1.29, 1.82) is 0 Å². The van der Waals surface area contributed by atoms with Crippen molar-refractivity contribution in [2.24, 2.45) is 0 Å². The van der Waals surface area contributed by atoms with Crippen LogP contribution < -0.4 is 10.6 Å². The maximum absolute atomic E-state index is 11.0. The van der Waals surface area contributed by atoms with Crippen LogP contribution in [-0.4, -0.2) is 77.3 Å². The van der Waals surface area contributed by atoms with Gasteiger partial charge in [-0.25, -0.2) is 0 Å². The molecule has 0 atom stereocenters.